The molecule has 0 saturated carbocycles. The quantitative estimate of drug-likeness (QED) is 0.0895. The van der Waals surface area contributed by atoms with Gasteiger partial charge in [0.15, 0.2) is 0 Å². The minimum atomic E-state index is -0.417. The second kappa shape index (κ2) is 15.3. The Labute approximate surface area is 241 Å². The number of benzene rings is 4. The van der Waals surface area contributed by atoms with Gasteiger partial charge in [-0.2, -0.15) is 0 Å². The van der Waals surface area contributed by atoms with Crippen LogP contribution >= 0.6 is 0 Å². The molecule has 6 heteroatoms. The predicted molar refractivity (Wildman–Crippen MR) is 159 cm³/mol. The highest BCUT2D eigenvalue weighted by Gasteiger charge is 2.11. The van der Waals surface area contributed by atoms with E-state index in [4.69, 9.17) is 18.9 Å². The van der Waals surface area contributed by atoms with E-state index in [-0.39, 0.29) is 0 Å². The summed E-state index contributed by atoms with van der Waals surface area (Å²) in [7, 11) is 0. The molecule has 0 radical (unpaired) electrons. The van der Waals surface area contributed by atoms with Crippen LogP contribution in [0.15, 0.2) is 97.1 Å². The van der Waals surface area contributed by atoms with Crippen molar-refractivity contribution in [2.75, 3.05) is 13.2 Å². The van der Waals surface area contributed by atoms with Crippen molar-refractivity contribution in [3.63, 3.8) is 0 Å². The van der Waals surface area contributed by atoms with Crippen molar-refractivity contribution in [2.45, 2.75) is 46.0 Å². The summed E-state index contributed by atoms with van der Waals surface area (Å²) in [6, 6.07) is 28.8. The van der Waals surface area contributed by atoms with Crippen LogP contribution in [0, 0.1) is 0 Å². The van der Waals surface area contributed by atoms with Crippen LogP contribution in [0.25, 0.3) is 0 Å². The monoisotopic (exact) mass is 552 g/mol. The summed E-state index contributed by atoms with van der Waals surface area (Å²) in [4.78, 5) is 25.0. The number of hydrogen-bond acceptors (Lipinski definition) is 6. The Morgan fingerprint density at radius 3 is 1.17 bits per heavy atom. The van der Waals surface area contributed by atoms with Gasteiger partial charge in [-0.1, -0.05) is 51.0 Å². The number of ether oxygens (including phenoxy) is 4. The SMILES string of the molecule is CCCCOc1ccc(C(=O)Oc2ccc(Cc3ccc(OC(=O)c4ccc(OCCCC)cc4)cc3)cc2)cc1. The third-order valence-electron chi connectivity index (χ3n) is 6.39. The molecule has 0 aliphatic carbocycles. The molecule has 41 heavy (non-hydrogen) atoms. The minimum Gasteiger partial charge on any atom is -0.494 e. The van der Waals surface area contributed by atoms with Crippen molar-refractivity contribution in [1.82, 2.24) is 0 Å². The summed E-state index contributed by atoms with van der Waals surface area (Å²) in [5, 5.41) is 0. The van der Waals surface area contributed by atoms with Crippen molar-refractivity contribution in [2.24, 2.45) is 0 Å². The maximum Gasteiger partial charge on any atom is 0.343 e. The molecule has 0 aliphatic heterocycles. The maximum absolute atomic E-state index is 12.5. The number of hydrogen-bond donors (Lipinski definition) is 0. The zero-order valence-corrected chi connectivity index (χ0v) is 23.6. The largest absolute Gasteiger partial charge is 0.494 e. The zero-order chi connectivity index (χ0) is 28.9. The lowest BCUT2D eigenvalue weighted by Gasteiger charge is -2.09. The molecule has 0 heterocycles. The average Bonchev–Trinajstić information content (AvgIpc) is 3.00. The molecule has 4 rings (SSSR count). The Bertz CT molecular complexity index is 1270. The molecule has 4 aromatic rings. The maximum atomic E-state index is 12.5. The van der Waals surface area contributed by atoms with Crippen LogP contribution in [0.4, 0.5) is 0 Å². The van der Waals surface area contributed by atoms with Gasteiger partial charge in [0.1, 0.15) is 23.0 Å². The van der Waals surface area contributed by atoms with E-state index in [1.807, 2.05) is 24.3 Å². The van der Waals surface area contributed by atoms with E-state index >= 15 is 0 Å². The number of rotatable bonds is 14. The van der Waals surface area contributed by atoms with Gasteiger partial charge in [-0.15, -0.1) is 0 Å². The van der Waals surface area contributed by atoms with E-state index in [9.17, 15) is 9.59 Å². The Morgan fingerprint density at radius 2 is 0.829 bits per heavy atom. The van der Waals surface area contributed by atoms with Crippen LogP contribution in [-0.4, -0.2) is 25.2 Å². The fraction of sp³-hybridized carbons (Fsp3) is 0.257. The van der Waals surface area contributed by atoms with Crippen LogP contribution < -0.4 is 18.9 Å². The Hall–Kier alpha value is -4.58. The second-order valence-electron chi connectivity index (χ2n) is 9.70. The van der Waals surface area contributed by atoms with Gasteiger partial charge in [0.25, 0.3) is 0 Å². The van der Waals surface area contributed by atoms with Crippen molar-refractivity contribution in [3.05, 3.63) is 119 Å². The molecule has 212 valence electrons. The van der Waals surface area contributed by atoms with Crippen LogP contribution in [0.5, 0.6) is 23.0 Å². The lowest BCUT2D eigenvalue weighted by Crippen LogP contribution is -2.08. The number of carbonyl (C=O) groups is 2. The number of unbranched alkanes of at least 4 members (excludes halogenated alkanes) is 2. The highest BCUT2D eigenvalue weighted by Crippen LogP contribution is 2.21. The second-order valence-corrected chi connectivity index (χ2v) is 9.70. The highest BCUT2D eigenvalue weighted by atomic mass is 16.5. The molecule has 6 nitrogen and oxygen atoms in total. The lowest BCUT2D eigenvalue weighted by atomic mass is 10.0. The fourth-order valence-corrected chi connectivity index (χ4v) is 3.96. The van der Waals surface area contributed by atoms with E-state index in [1.165, 1.54) is 0 Å². The summed E-state index contributed by atoms with van der Waals surface area (Å²) >= 11 is 0. The lowest BCUT2D eigenvalue weighted by molar-refractivity contribution is 0.0725. The smallest absolute Gasteiger partial charge is 0.343 e. The van der Waals surface area contributed by atoms with Gasteiger partial charge >= 0.3 is 11.9 Å². The van der Waals surface area contributed by atoms with E-state index < -0.39 is 11.9 Å². The third kappa shape index (κ3) is 9.24. The van der Waals surface area contributed by atoms with Crippen molar-refractivity contribution < 1.29 is 28.5 Å². The molecule has 0 aromatic heterocycles. The van der Waals surface area contributed by atoms with Gasteiger partial charge in [-0.3, -0.25) is 0 Å². The summed E-state index contributed by atoms with van der Waals surface area (Å²) in [6.07, 6.45) is 4.80. The normalized spacial score (nSPS) is 10.6. The first-order valence-corrected chi connectivity index (χ1v) is 14.1. The van der Waals surface area contributed by atoms with E-state index in [2.05, 4.69) is 13.8 Å². The molecular formula is C35H36O6. The van der Waals surface area contributed by atoms with Crippen LogP contribution in [-0.2, 0) is 6.42 Å². The number of carbonyl (C=O) groups excluding carboxylic acids is 2. The molecule has 0 spiro atoms. The van der Waals surface area contributed by atoms with E-state index in [1.54, 1.807) is 72.8 Å². The van der Waals surface area contributed by atoms with Crippen LogP contribution in [0.3, 0.4) is 0 Å². The van der Waals surface area contributed by atoms with E-state index in [0.717, 1.165) is 48.3 Å². The highest BCUT2D eigenvalue weighted by molar-refractivity contribution is 5.91. The molecule has 4 aromatic carbocycles. The van der Waals surface area contributed by atoms with Crippen LogP contribution in [0.1, 0.15) is 71.4 Å². The molecule has 0 atom stereocenters. The van der Waals surface area contributed by atoms with Crippen LogP contribution in [0.2, 0.25) is 0 Å². The topological polar surface area (TPSA) is 71.1 Å². The molecule has 0 N–H and O–H groups in total. The molecular weight excluding hydrogens is 516 g/mol. The van der Waals surface area contributed by atoms with Gasteiger partial charge < -0.3 is 18.9 Å². The van der Waals surface area contributed by atoms with Gasteiger partial charge in [-0.05, 0) is 103 Å². The van der Waals surface area contributed by atoms with Gasteiger partial charge in [0.2, 0.25) is 0 Å². The average molecular weight is 553 g/mol. The number of esters is 2. The minimum absolute atomic E-state index is 0.417. The Balaban J connectivity index is 1.25. The molecule has 0 saturated heterocycles. The summed E-state index contributed by atoms with van der Waals surface area (Å²) in [6.45, 7) is 5.55. The molecule has 0 amide bonds. The Morgan fingerprint density at radius 1 is 0.488 bits per heavy atom. The third-order valence-corrected chi connectivity index (χ3v) is 6.39. The predicted octanol–water partition coefficient (Wildman–Crippen LogP) is 8.07. The summed E-state index contributed by atoms with van der Waals surface area (Å²) < 4.78 is 22.3. The van der Waals surface area contributed by atoms with E-state index in [0.29, 0.717) is 42.3 Å². The Kier molecular flexibility index (Phi) is 11.0. The first-order valence-electron chi connectivity index (χ1n) is 14.1. The van der Waals surface area contributed by atoms with Gasteiger partial charge in [0, 0.05) is 0 Å². The first kappa shape index (κ1) is 29.4. The zero-order valence-electron chi connectivity index (χ0n) is 23.6. The first-order chi connectivity index (χ1) is 20.0. The molecule has 0 aliphatic rings. The van der Waals surface area contributed by atoms with Crippen molar-refractivity contribution >= 4 is 11.9 Å². The summed E-state index contributed by atoms with van der Waals surface area (Å²) in [5.74, 6) is 1.60. The summed E-state index contributed by atoms with van der Waals surface area (Å²) in [5.41, 5.74) is 3.05. The van der Waals surface area contributed by atoms with Crippen molar-refractivity contribution in [3.8, 4) is 23.0 Å². The molecule has 0 unspecified atom stereocenters. The van der Waals surface area contributed by atoms with Crippen molar-refractivity contribution in [1.29, 1.82) is 0 Å². The molecule has 0 bridgehead atoms. The fourth-order valence-electron chi connectivity index (χ4n) is 3.96. The van der Waals surface area contributed by atoms with Gasteiger partial charge in [-0.25, -0.2) is 9.59 Å². The van der Waals surface area contributed by atoms with Gasteiger partial charge in [0.05, 0.1) is 24.3 Å². The standard InChI is InChI=1S/C35H36O6/c1-3-5-23-38-30-19-11-28(12-20-30)34(36)40-32-15-7-26(8-16-32)25-27-9-17-33(18-10-27)41-35(37)29-13-21-31(22-14-29)39-24-6-4-2/h7-22H,3-6,23-25H2,1-2H3. The molecule has 0 fully saturated rings.